The van der Waals surface area contributed by atoms with Crippen molar-refractivity contribution in [3.05, 3.63) is 72.8 Å². The van der Waals surface area contributed by atoms with Crippen molar-refractivity contribution < 1.29 is 0 Å². The maximum Gasteiger partial charge on any atom is 0.140 e. The number of pyridine rings is 1. The number of aromatic nitrogens is 3. The maximum absolute atomic E-state index is 4.64. The normalized spacial score (nSPS) is 15.2. The standard InChI is InChI=1S/C22H21N5S/c1-2-6-17(7-3-1)20-14-19-21(24-16-25-22(19)28-20)27-12-10-26(11-13-27)15-18-8-4-5-9-23-18/h1-9,14,16H,10-13,15H2. The van der Waals surface area contributed by atoms with Gasteiger partial charge in [0.2, 0.25) is 0 Å². The molecular formula is C22H21N5S. The molecule has 0 atom stereocenters. The first kappa shape index (κ1) is 17.3. The van der Waals surface area contributed by atoms with Crippen LogP contribution in [0.15, 0.2) is 67.1 Å². The molecule has 5 nitrogen and oxygen atoms in total. The van der Waals surface area contributed by atoms with Gasteiger partial charge in [0.15, 0.2) is 0 Å². The molecule has 0 amide bonds. The third-order valence-corrected chi connectivity index (χ3v) is 6.24. The Morgan fingerprint density at radius 3 is 2.46 bits per heavy atom. The van der Waals surface area contributed by atoms with Gasteiger partial charge in [-0.25, -0.2) is 9.97 Å². The fraction of sp³-hybridized carbons (Fsp3) is 0.227. The van der Waals surface area contributed by atoms with Crippen molar-refractivity contribution in [2.75, 3.05) is 31.1 Å². The minimum Gasteiger partial charge on any atom is -0.353 e. The van der Waals surface area contributed by atoms with Crippen molar-refractivity contribution in [2.45, 2.75) is 6.54 Å². The summed E-state index contributed by atoms with van der Waals surface area (Å²) in [6.07, 6.45) is 3.56. The summed E-state index contributed by atoms with van der Waals surface area (Å²) >= 11 is 1.73. The minimum absolute atomic E-state index is 0.907. The topological polar surface area (TPSA) is 45.2 Å². The van der Waals surface area contributed by atoms with E-state index in [2.05, 4.69) is 67.2 Å². The molecule has 4 aromatic rings. The van der Waals surface area contributed by atoms with Gasteiger partial charge in [0, 0.05) is 43.8 Å². The van der Waals surface area contributed by atoms with Crippen molar-refractivity contribution in [3.63, 3.8) is 0 Å². The average Bonchev–Trinajstić information content (AvgIpc) is 3.20. The Morgan fingerprint density at radius 1 is 0.857 bits per heavy atom. The molecule has 0 aliphatic carbocycles. The SMILES string of the molecule is c1ccc(-c2cc3c(N4CCN(Cc5ccccn5)CC4)ncnc3s2)cc1. The van der Waals surface area contributed by atoms with E-state index in [1.54, 1.807) is 17.7 Å². The molecule has 0 bridgehead atoms. The highest BCUT2D eigenvalue weighted by Gasteiger charge is 2.21. The quantitative estimate of drug-likeness (QED) is 0.528. The Hall–Kier alpha value is -2.83. The number of hydrogen-bond acceptors (Lipinski definition) is 6. The Labute approximate surface area is 168 Å². The zero-order chi connectivity index (χ0) is 18.8. The second-order valence-electron chi connectivity index (χ2n) is 6.98. The summed E-state index contributed by atoms with van der Waals surface area (Å²) in [6.45, 7) is 4.87. The van der Waals surface area contributed by atoms with E-state index in [1.165, 1.54) is 10.4 Å². The van der Waals surface area contributed by atoms with Crippen molar-refractivity contribution in [2.24, 2.45) is 0 Å². The van der Waals surface area contributed by atoms with Gasteiger partial charge in [-0.05, 0) is 23.8 Å². The molecule has 6 heteroatoms. The lowest BCUT2D eigenvalue weighted by Gasteiger charge is -2.35. The van der Waals surface area contributed by atoms with E-state index in [4.69, 9.17) is 0 Å². The van der Waals surface area contributed by atoms with Gasteiger partial charge in [0.25, 0.3) is 0 Å². The third kappa shape index (κ3) is 3.48. The third-order valence-electron chi connectivity index (χ3n) is 5.15. The lowest BCUT2D eigenvalue weighted by atomic mass is 10.2. The Kier molecular flexibility index (Phi) is 4.72. The number of nitrogens with zero attached hydrogens (tertiary/aromatic N) is 5. The van der Waals surface area contributed by atoms with E-state index in [0.717, 1.165) is 54.5 Å². The molecule has 5 rings (SSSR count). The summed E-state index contributed by atoms with van der Waals surface area (Å²) < 4.78 is 0. The number of rotatable bonds is 4. The number of thiophene rings is 1. The number of hydrogen-bond donors (Lipinski definition) is 0. The highest BCUT2D eigenvalue weighted by Crippen LogP contribution is 2.36. The number of fused-ring (bicyclic) bond motifs is 1. The lowest BCUT2D eigenvalue weighted by Crippen LogP contribution is -2.46. The van der Waals surface area contributed by atoms with Crippen LogP contribution in [0.4, 0.5) is 5.82 Å². The van der Waals surface area contributed by atoms with Crippen LogP contribution in [0.25, 0.3) is 20.7 Å². The smallest absolute Gasteiger partial charge is 0.140 e. The van der Waals surface area contributed by atoms with Crippen molar-refractivity contribution in [1.29, 1.82) is 0 Å². The Balaban J connectivity index is 1.35. The summed E-state index contributed by atoms with van der Waals surface area (Å²) in [5.74, 6) is 1.06. The van der Waals surface area contributed by atoms with Crippen LogP contribution < -0.4 is 4.90 Å². The van der Waals surface area contributed by atoms with Crippen LogP contribution in [0.2, 0.25) is 0 Å². The van der Waals surface area contributed by atoms with Crippen molar-refractivity contribution >= 4 is 27.4 Å². The van der Waals surface area contributed by atoms with E-state index in [0.29, 0.717) is 0 Å². The van der Waals surface area contributed by atoms with Gasteiger partial charge in [-0.2, -0.15) is 0 Å². The van der Waals surface area contributed by atoms with Crippen LogP contribution in [-0.4, -0.2) is 46.0 Å². The predicted octanol–water partition coefficient (Wildman–Crippen LogP) is 4.08. The molecule has 1 fully saturated rings. The fourth-order valence-electron chi connectivity index (χ4n) is 3.68. The van der Waals surface area contributed by atoms with Gasteiger partial charge < -0.3 is 4.90 Å². The zero-order valence-corrected chi connectivity index (χ0v) is 16.3. The fourth-order valence-corrected chi connectivity index (χ4v) is 4.68. The molecule has 0 radical (unpaired) electrons. The van der Waals surface area contributed by atoms with Crippen LogP contribution in [0.1, 0.15) is 5.69 Å². The summed E-state index contributed by atoms with van der Waals surface area (Å²) in [5, 5.41) is 1.16. The van der Waals surface area contributed by atoms with E-state index < -0.39 is 0 Å². The van der Waals surface area contributed by atoms with Gasteiger partial charge in [0.1, 0.15) is 17.0 Å². The lowest BCUT2D eigenvalue weighted by molar-refractivity contribution is 0.247. The molecule has 1 saturated heterocycles. The molecule has 0 N–H and O–H groups in total. The van der Waals surface area contributed by atoms with E-state index in [-0.39, 0.29) is 0 Å². The first-order chi connectivity index (χ1) is 13.9. The number of piperazine rings is 1. The average molecular weight is 388 g/mol. The van der Waals surface area contributed by atoms with Crippen LogP contribution in [0.3, 0.4) is 0 Å². The summed E-state index contributed by atoms with van der Waals surface area (Å²) in [4.78, 5) is 20.7. The molecule has 28 heavy (non-hydrogen) atoms. The second kappa shape index (κ2) is 7.66. The molecule has 140 valence electrons. The van der Waals surface area contributed by atoms with E-state index in [1.807, 2.05) is 18.3 Å². The molecular weight excluding hydrogens is 366 g/mol. The van der Waals surface area contributed by atoms with Crippen LogP contribution >= 0.6 is 11.3 Å². The zero-order valence-electron chi connectivity index (χ0n) is 15.5. The monoisotopic (exact) mass is 387 g/mol. The molecule has 3 aromatic heterocycles. The number of anilines is 1. The Bertz CT molecular complexity index is 1060. The molecule has 0 spiro atoms. The predicted molar refractivity (Wildman–Crippen MR) is 115 cm³/mol. The van der Waals surface area contributed by atoms with Crippen molar-refractivity contribution in [1.82, 2.24) is 19.9 Å². The van der Waals surface area contributed by atoms with Crippen LogP contribution in [0.5, 0.6) is 0 Å². The van der Waals surface area contributed by atoms with Gasteiger partial charge in [-0.1, -0.05) is 36.4 Å². The van der Waals surface area contributed by atoms with Gasteiger partial charge >= 0.3 is 0 Å². The molecule has 1 aromatic carbocycles. The molecule has 0 saturated carbocycles. The summed E-state index contributed by atoms with van der Waals surface area (Å²) in [7, 11) is 0. The first-order valence-electron chi connectivity index (χ1n) is 9.54. The van der Waals surface area contributed by atoms with E-state index in [9.17, 15) is 0 Å². The molecule has 0 unspecified atom stereocenters. The van der Waals surface area contributed by atoms with E-state index >= 15 is 0 Å². The molecule has 4 heterocycles. The van der Waals surface area contributed by atoms with Gasteiger partial charge in [-0.15, -0.1) is 11.3 Å². The van der Waals surface area contributed by atoms with Crippen molar-refractivity contribution in [3.8, 4) is 10.4 Å². The highest BCUT2D eigenvalue weighted by molar-refractivity contribution is 7.21. The first-order valence-corrected chi connectivity index (χ1v) is 10.4. The second-order valence-corrected chi connectivity index (χ2v) is 8.01. The van der Waals surface area contributed by atoms with Crippen LogP contribution in [0, 0.1) is 0 Å². The largest absolute Gasteiger partial charge is 0.353 e. The van der Waals surface area contributed by atoms with Gasteiger partial charge in [-0.3, -0.25) is 9.88 Å². The minimum atomic E-state index is 0.907. The van der Waals surface area contributed by atoms with Gasteiger partial charge in [0.05, 0.1) is 11.1 Å². The summed E-state index contributed by atoms with van der Waals surface area (Å²) in [6, 6.07) is 18.8. The maximum atomic E-state index is 4.64. The highest BCUT2D eigenvalue weighted by atomic mass is 32.1. The number of benzene rings is 1. The molecule has 1 aliphatic rings. The Morgan fingerprint density at radius 2 is 1.68 bits per heavy atom. The molecule has 1 aliphatic heterocycles. The van der Waals surface area contributed by atoms with Crippen LogP contribution in [-0.2, 0) is 6.54 Å². The summed E-state index contributed by atoms with van der Waals surface area (Å²) in [5.41, 5.74) is 2.36.